The zero-order valence-corrected chi connectivity index (χ0v) is 8.54. The number of carbonyl (C=O) groups is 1. The summed E-state index contributed by atoms with van der Waals surface area (Å²) >= 11 is 0. The first-order chi connectivity index (χ1) is 7.58. The van der Waals surface area contributed by atoms with E-state index >= 15 is 0 Å². The molecule has 1 aromatic rings. The SMILES string of the molecule is CC1OC(=O)C=C1c1ccc([N+](=O)[O-])cc1. The van der Waals surface area contributed by atoms with Crippen LogP contribution in [-0.2, 0) is 9.53 Å². The topological polar surface area (TPSA) is 69.4 Å². The van der Waals surface area contributed by atoms with Gasteiger partial charge in [-0.3, -0.25) is 10.1 Å². The second-order valence-corrected chi connectivity index (χ2v) is 3.48. The Kier molecular flexibility index (Phi) is 2.44. The molecular weight excluding hydrogens is 210 g/mol. The predicted molar refractivity (Wildman–Crippen MR) is 56.6 cm³/mol. The molecule has 1 heterocycles. The van der Waals surface area contributed by atoms with Gasteiger partial charge < -0.3 is 4.74 Å². The molecule has 1 aliphatic heterocycles. The van der Waals surface area contributed by atoms with Gasteiger partial charge in [-0.05, 0) is 24.6 Å². The van der Waals surface area contributed by atoms with Gasteiger partial charge in [-0.25, -0.2) is 4.79 Å². The summed E-state index contributed by atoms with van der Waals surface area (Å²) in [5, 5.41) is 10.5. The van der Waals surface area contributed by atoms with Crippen molar-refractivity contribution in [3.8, 4) is 0 Å². The molecule has 1 atom stereocenters. The summed E-state index contributed by atoms with van der Waals surface area (Å²) < 4.78 is 4.94. The van der Waals surface area contributed by atoms with E-state index in [9.17, 15) is 14.9 Å². The van der Waals surface area contributed by atoms with E-state index in [-0.39, 0.29) is 17.8 Å². The summed E-state index contributed by atoms with van der Waals surface area (Å²) in [4.78, 5) is 21.0. The molecule has 82 valence electrons. The number of hydrogen-bond acceptors (Lipinski definition) is 4. The van der Waals surface area contributed by atoms with Gasteiger partial charge in [-0.15, -0.1) is 0 Å². The van der Waals surface area contributed by atoms with Crippen molar-refractivity contribution in [2.45, 2.75) is 13.0 Å². The molecule has 0 spiro atoms. The number of cyclic esters (lactones) is 1. The summed E-state index contributed by atoms with van der Waals surface area (Å²) in [6.07, 6.45) is 1.11. The van der Waals surface area contributed by atoms with E-state index in [1.165, 1.54) is 18.2 Å². The largest absolute Gasteiger partial charge is 0.455 e. The van der Waals surface area contributed by atoms with Crippen molar-refractivity contribution < 1.29 is 14.5 Å². The van der Waals surface area contributed by atoms with Crippen LogP contribution in [0.3, 0.4) is 0 Å². The number of nitro benzene ring substituents is 1. The average molecular weight is 219 g/mol. The molecule has 5 heteroatoms. The van der Waals surface area contributed by atoms with Crippen molar-refractivity contribution in [1.82, 2.24) is 0 Å². The number of non-ortho nitro benzene ring substituents is 1. The minimum atomic E-state index is -0.460. The van der Waals surface area contributed by atoms with Crippen molar-refractivity contribution in [3.63, 3.8) is 0 Å². The lowest BCUT2D eigenvalue weighted by Crippen LogP contribution is -2.05. The molecule has 0 aromatic heterocycles. The Hall–Kier alpha value is -2.17. The predicted octanol–water partition coefficient (Wildman–Crippen LogP) is 1.92. The molecule has 0 saturated carbocycles. The Bertz CT molecular complexity index is 475. The Morgan fingerprint density at radius 2 is 1.94 bits per heavy atom. The lowest BCUT2D eigenvalue weighted by atomic mass is 10.0. The van der Waals surface area contributed by atoms with Crippen molar-refractivity contribution in [1.29, 1.82) is 0 Å². The number of hydrogen-bond donors (Lipinski definition) is 0. The van der Waals surface area contributed by atoms with Crippen LogP contribution in [0.4, 0.5) is 5.69 Å². The molecule has 0 bridgehead atoms. The highest BCUT2D eigenvalue weighted by molar-refractivity contribution is 5.97. The van der Waals surface area contributed by atoms with Crippen LogP contribution in [0.2, 0.25) is 0 Å². The lowest BCUT2D eigenvalue weighted by molar-refractivity contribution is -0.384. The number of carbonyl (C=O) groups excluding carboxylic acids is 1. The summed E-state index contributed by atoms with van der Waals surface area (Å²) in [6, 6.07) is 6.04. The minimum absolute atomic E-state index is 0.0299. The molecule has 1 aromatic carbocycles. The van der Waals surface area contributed by atoms with E-state index in [2.05, 4.69) is 0 Å². The molecular formula is C11H9NO4. The van der Waals surface area contributed by atoms with Gasteiger partial charge in [0.1, 0.15) is 6.10 Å². The molecule has 0 aliphatic carbocycles. The van der Waals surface area contributed by atoms with E-state index in [1.807, 2.05) is 0 Å². The smallest absolute Gasteiger partial charge is 0.331 e. The third-order valence-corrected chi connectivity index (χ3v) is 2.42. The first-order valence-corrected chi connectivity index (χ1v) is 4.75. The van der Waals surface area contributed by atoms with Crippen LogP contribution in [0.5, 0.6) is 0 Å². The van der Waals surface area contributed by atoms with Gasteiger partial charge in [-0.1, -0.05) is 0 Å². The van der Waals surface area contributed by atoms with E-state index in [4.69, 9.17) is 4.74 Å². The monoisotopic (exact) mass is 219 g/mol. The third-order valence-electron chi connectivity index (χ3n) is 2.42. The van der Waals surface area contributed by atoms with Crippen LogP contribution >= 0.6 is 0 Å². The highest BCUT2D eigenvalue weighted by Gasteiger charge is 2.23. The van der Waals surface area contributed by atoms with E-state index in [0.717, 1.165) is 11.1 Å². The standard InChI is InChI=1S/C11H9NO4/c1-7-10(6-11(13)16-7)8-2-4-9(5-3-8)12(14)15/h2-7H,1H3. The maximum absolute atomic E-state index is 11.0. The van der Waals surface area contributed by atoms with Gasteiger partial charge in [-0.2, -0.15) is 0 Å². The molecule has 16 heavy (non-hydrogen) atoms. The number of benzene rings is 1. The van der Waals surface area contributed by atoms with Crippen LogP contribution in [-0.4, -0.2) is 17.0 Å². The molecule has 1 unspecified atom stereocenters. The minimum Gasteiger partial charge on any atom is -0.455 e. The highest BCUT2D eigenvalue weighted by atomic mass is 16.6. The number of esters is 1. The normalized spacial score (nSPS) is 19.2. The highest BCUT2D eigenvalue weighted by Crippen LogP contribution is 2.27. The first-order valence-electron chi connectivity index (χ1n) is 4.75. The molecule has 0 N–H and O–H groups in total. The van der Waals surface area contributed by atoms with Gasteiger partial charge in [0, 0.05) is 23.8 Å². The Morgan fingerprint density at radius 3 is 2.38 bits per heavy atom. The lowest BCUT2D eigenvalue weighted by Gasteiger charge is -2.07. The fourth-order valence-electron chi connectivity index (χ4n) is 1.61. The number of rotatable bonds is 2. The van der Waals surface area contributed by atoms with Crippen LogP contribution in [0.1, 0.15) is 12.5 Å². The second kappa shape index (κ2) is 3.77. The molecule has 0 radical (unpaired) electrons. The molecule has 5 nitrogen and oxygen atoms in total. The Balaban J connectivity index is 2.32. The van der Waals surface area contributed by atoms with E-state index in [0.29, 0.717) is 0 Å². The molecule has 2 rings (SSSR count). The maximum Gasteiger partial charge on any atom is 0.331 e. The second-order valence-electron chi connectivity index (χ2n) is 3.48. The first kappa shape index (κ1) is 10.4. The van der Waals surface area contributed by atoms with Gasteiger partial charge in [0.25, 0.3) is 5.69 Å². The molecule has 1 aliphatic rings. The van der Waals surface area contributed by atoms with Crippen molar-refractivity contribution in [2.24, 2.45) is 0 Å². The van der Waals surface area contributed by atoms with Crippen molar-refractivity contribution in [2.75, 3.05) is 0 Å². The number of ether oxygens (including phenoxy) is 1. The average Bonchev–Trinajstić information content (AvgIpc) is 2.58. The van der Waals surface area contributed by atoms with Crippen LogP contribution in [0, 0.1) is 10.1 Å². The summed E-state index contributed by atoms with van der Waals surface area (Å²) in [5.74, 6) is -0.374. The summed E-state index contributed by atoms with van der Waals surface area (Å²) in [6.45, 7) is 1.76. The fourth-order valence-corrected chi connectivity index (χ4v) is 1.61. The summed E-state index contributed by atoms with van der Waals surface area (Å²) in [5.41, 5.74) is 1.55. The van der Waals surface area contributed by atoms with Crippen LogP contribution in [0.25, 0.3) is 5.57 Å². The molecule has 0 amide bonds. The van der Waals surface area contributed by atoms with E-state index < -0.39 is 4.92 Å². The quantitative estimate of drug-likeness (QED) is 0.433. The van der Waals surface area contributed by atoms with Crippen molar-refractivity contribution >= 4 is 17.2 Å². The van der Waals surface area contributed by atoms with Crippen molar-refractivity contribution in [3.05, 3.63) is 46.0 Å². The third kappa shape index (κ3) is 1.79. The Morgan fingerprint density at radius 1 is 1.31 bits per heavy atom. The van der Waals surface area contributed by atoms with Gasteiger partial charge in [0.05, 0.1) is 4.92 Å². The zero-order chi connectivity index (χ0) is 11.7. The number of nitrogens with zero attached hydrogens (tertiary/aromatic N) is 1. The number of nitro groups is 1. The fraction of sp³-hybridized carbons (Fsp3) is 0.182. The van der Waals surface area contributed by atoms with E-state index in [1.54, 1.807) is 19.1 Å². The Labute approximate surface area is 91.5 Å². The van der Waals surface area contributed by atoms with Crippen LogP contribution in [0.15, 0.2) is 30.3 Å². The maximum atomic E-state index is 11.0. The van der Waals surface area contributed by atoms with Gasteiger partial charge in [0.15, 0.2) is 0 Å². The summed E-state index contributed by atoms with van der Waals surface area (Å²) in [7, 11) is 0. The van der Waals surface area contributed by atoms with Gasteiger partial charge in [0.2, 0.25) is 0 Å². The molecule has 0 fully saturated rings. The van der Waals surface area contributed by atoms with Crippen LogP contribution < -0.4 is 0 Å². The zero-order valence-electron chi connectivity index (χ0n) is 8.54. The van der Waals surface area contributed by atoms with Gasteiger partial charge >= 0.3 is 5.97 Å². The molecule has 0 saturated heterocycles.